The molecule has 0 spiro atoms. The Morgan fingerprint density at radius 1 is 0.683 bits per heavy atom. The average molecular weight is 648 g/mol. The molecule has 200 valence electrons. The van der Waals surface area contributed by atoms with Crippen molar-refractivity contribution in [1.29, 1.82) is 0 Å². The van der Waals surface area contributed by atoms with Crippen LogP contribution >= 0.6 is 22.6 Å². The zero-order chi connectivity index (χ0) is 28.2. The van der Waals surface area contributed by atoms with E-state index in [1.807, 2.05) is 36.6 Å². The Morgan fingerprint density at radius 2 is 1.39 bits per heavy atom. The minimum atomic E-state index is 0.236. The predicted molar refractivity (Wildman–Crippen MR) is 176 cm³/mol. The van der Waals surface area contributed by atoms with Crippen LogP contribution in [-0.4, -0.2) is 30.0 Å². The number of aromatic nitrogens is 5. The van der Waals surface area contributed by atoms with E-state index in [4.69, 9.17) is 15.0 Å². The number of halogens is 1. The van der Waals surface area contributed by atoms with Crippen molar-refractivity contribution in [1.82, 2.24) is 24.9 Å². The second-order valence-electron chi connectivity index (χ2n) is 10.4. The van der Waals surface area contributed by atoms with Crippen LogP contribution < -0.4 is 0 Å². The number of hydrogen-bond acceptors (Lipinski definition) is 4. The zero-order valence-electron chi connectivity index (χ0n) is 22.7. The molecule has 41 heavy (non-hydrogen) atoms. The molecule has 2 aliphatic rings. The van der Waals surface area contributed by atoms with Crippen LogP contribution in [0.4, 0.5) is 0 Å². The normalized spacial score (nSPS) is 12.3. The second kappa shape index (κ2) is 9.85. The molecule has 7 rings (SSSR count). The van der Waals surface area contributed by atoms with Gasteiger partial charge in [0.1, 0.15) is 5.75 Å². The number of fused-ring (bicyclic) bond motifs is 8. The maximum Gasteiger partial charge on any atom is 0.115 e. The van der Waals surface area contributed by atoms with E-state index in [1.165, 1.54) is 11.1 Å². The van der Waals surface area contributed by atoms with Gasteiger partial charge in [-0.3, -0.25) is 4.98 Å². The van der Waals surface area contributed by atoms with Crippen molar-refractivity contribution in [2.75, 3.05) is 0 Å². The Morgan fingerprint density at radius 3 is 2.20 bits per heavy atom. The van der Waals surface area contributed by atoms with Gasteiger partial charge in [0.25, 0.3) is 0 Å². The number of aryl methyl sites for hydroxylation is 1. The Labute approximate surface area is 250 Å². The van der Waals surface area contributed by atoms with Crippen LogP contribution in [0.15, 0.2) is 60.8 Å². The minimum absolute atomic E-state index is 0.236. The van der Waals surface area contributed by atoms with Gasteiger partial charge in [-0.2, -0.15) is 0 Å². The monoisotopic (exact) mass is 647 g/mol. The van der Waals surface area contributed by atoms with Gasteiger partial charge >= 0.3 is 0 Å². The van der Waals surface area contributed by atoms with Crippen molar-refractivity contribution < 1.29 is 5.11 Å². The third-order valence-electron chi connectivity index (χ3n) is 7.75. The van der Waals surface area contributed by atoms with Gasteiger partial charge in [-0.15, -0.1) is 0 Å². The van der Waals surface area contributed by atoms with Gasteiger partial charge in [0.15, 0.2) is 0 Å². The van der Waals surface area contributed by atoms with Gasteiger partial charge in [0.2, 0.25) is 0 Å². The number of rotatable bonds is 2. The van der Waals surface area contributed by atoms with Crippen molar-refractivity contribution in [3.63, 3.8) is 0 Å². The quantitative estimate of drug-likeness (QED) is 0.164. The van der Waals surface area contributed by atoms with E-state index in [-0.39, 0.29) is 5.75 Å². The van der Waals surface area contributed by atoms with Crippen molar-refractivity contribution >= 4 is 69.0 Å². The standard InChI is InChI=1S/C34H26IN5O/c1-18-17-36-34(20(3)19(18)2)32-27-12-8-23(38-27)14-22-6-7-24(37-22)16-30-33(35)31(21-4-10-26(41)11-5-21)29(40-30)15-25-9-13-28(32)39-25/h4-17,38,40-41H,1-3H3. The van der Waals surface area contributed by atoms with Crippen molar-refractivity contribution in [3.8, 4) is 28.1 Å². The number of phenolic OH excluding ortho intramolecular Hbond substituents is 1. The highest BCUT2D eigenvalue weighted by molar-refractivity contribution is 14.1. The first-order valence-corrected chi connectivity index (χ1v) is 14.4. The summed E-state index contributed by atoms with van der Waals surface area (Å²) >= 11 is 2.38. The summed E-state index contributed by atoms with van der Waals surface area (Å²) in [6.07, 6.45) is 10.1. The summed E-state index contributed by atoms with van der Waals surface area (Å²) in [5.74, 6) is 0.236. The molecule has 0 saturated heterocycles. The molecule has 3 N–H and O–H groups in total. The van der Waals surface area contributed by atoms with Crippen LogP contribution in [0.3, 0.4) is 0 Å². The van der Waals surface area contributed by atoms with Crippen LogP contribution in [0.2, 0.25) is 0 Å². The highest BCUT2D eigenvalue weighted by atomic mass is 127. The molecular weight excluding hydrogens is 621 g/mol. The summed E-state index contributed by atoms with van der Waals surface area (Å²) in [5, 5.41) is 9.91. The molecule has 0 fully saturated rings. The fraction of sp³-hybridized carbons (Fsp3) is 0.0882. The number of hydrogen-bond donors (Lipinski definition) is 3. The fourth-order valence-corrected chi connectivity index (χ4v) is 6.24. The summed E-state index contributed by atoms with van der Waals surface area (Å²) in [6, 6.07) is 17.7. The van der Waals surface area contributed by atoms with Crippen LogP contribution in [0.25, 0.3) is 68.8 Å². The highest BCUT2D eigenvalue weighted by Crippen LogP contribution is 2.36. The van der Waals surface area contributed by atoms with Gasteiger partial charge in [-0.25, -0.2) is 9.97 Å². The average Bonchev–Trinajstić information content (AvgIpc) is 3.75. The maximum absolute atomic E-state index is 9.91. The van der Waals surface area contributed by atoms with Gasteiger partial charge in [-0.1, -0.05) is 12.1 Å². The highest BCUT2D eigenvalue weighted by Gasteiger charge is 2.17. The zero-order valence-corrected chi connectivity index (χ0v) is 24.9. The molecule has 2 aliphatic heterocycles. The van der Waals surface area contributed by atoms with E-state index < -0.39 is 0 Å². The first-order chi connectivity index (χ1) is 19.8. The Balaban J connectivity index is 1.60. The third-order valence-corrected chi connectivity index (χ3v) is 8.87. The topological polar surface area (TPSA) is 90.5 Å². The van der Waals surface area contributed by atoms with Gasteiger partial charge in [0.05, 0.1) is 39.5 Å². The van der Waals surface area contributed by atoms with E-state index in [0.717, 1.165) is 76.4 Å². The molecule has 0 saturated carbocycles. The lowest BCUT2D eigenvalue weighted by atomic mass is 9.99. The third kappa shape index (κ3) is 4.56. The maximum atomic E-state index is 9.91. The lowest BCUT2D eigenvalue weighted by Gasteiger charge is -2.11. The Kier molecular flexibility index (Phi) is 6.12. The molecule has 6 nitrogen and oxygen atoms in total. The smallest absolute Gasteiger partial charge is 0.115 e. The Bertz CT molecular complexity index is 2100. The number of benzene rings is 1. The number of H-pyrrole nitrogens is 2. The number of phenols is 1. The minimum Gasteiger partial charge on any atom is -0.508 e. The van der Waals surface area contributed by atoms with Crippen LogP contribution in [-0.2, 0) is 0 Å². The molecule has 7 heteroatoms. The van der Waals surface area contributed by atoms with Crippen molar-refractivity contribution in [3.05, 3.63) is 104 Å². The van der Waals surface area contributed by atoms with Crippen LogP contribution in [0.1, 0.15) is 39.5 Å². The van der Waals surface area contributed by atoms with Gasteiger partial charge in [-0.05, 0) is 132 Å². The van der Waals surface area contributed by atoms with Gasteiger partial charge < -0.3 is 15.1 Å². The number of pyridine rings is 1. The first kappa shape index (κ1) is 25.5. The SMILES string of the molecule is Cc1cnc(-c2c3nc(cc4[nH]c(cc5nc(cc6ccc2[nH]6)C=C5)c(I)c4-c2ccc(O)cc2)C=C3)c(C)c1C. The lowest BCUT2D eigenvalue weighted by Crippen LogP contribution is -1.97. The number of nitrogens with one attached hydrogen (secondary N) is 2. The van der Waals surface area contributed by atoms with E-state index in [1.54, 1.807) is 12.1 Å². The Hall–Kier alpha value is -4.50. The molecule has 6 heterocycles. The predicted octanol–water partition coefficient (Wildman–Crippen LogP) is 8.62. The lowest BCUT2D eigenvalue weighted by molar-refractivity contribution is 0.475. The van der Waals surface area contributed by atoms with E-state index in [2.05, 4.69) is 89.7 Å². The molecular formula is C34H26IN5O. The van der Waals surface area contributed by atoms with Crippen molar-refractivity contribution in [2.24, 2.45) is 0 Å². The summed E-state index contributed by atoms with van der Waals surface area (Å²) < 4.78 is 1.07. The number of aromatic hydroxyl groups is 1. The summed E-state index contributed by atoms with van der Waals surface area (Å²) in [5.41, 5.74) is 14.7. The van der Waals surface area contributed by atoms with E-state index >= 15 is 0 Å². The molecule has 8 bridgehead atoms. The van der Waals surface area contributed by atoms with Crippen LogP contribution in [0.5, 0.6) is 5.75 Å². The molecule has 5 aromatic rings. The van der Waals surface area contributed by atoms with E-state index in [9.17, 15) is 5.11 Å². The first-order valence-electron chi connectivity index (χ1n) is 13.4. The number of nitrogens with zero attached hydrogens (tertiary/aromatic N) is 3. The molecule has 0 aliphatic carbocycles. The van der Waals surface area contributed by atoms with Crippen molar-refractivity contribution in [2.45, 2.75) is 20.8 Å². The summed E-state index contributed by atoms with van der Waals surface area (Å²) in [7, 11) is 0. The largest absolute Gasteiger partial charge is 0.508 e. The molecule has 0 amide bonds. The molecule has 0 unspecified atom stereocenters. The second-order valence-corrected chi connectivity index (χ2v) is 11.5. The van der Waals surface area contributed by atoms with Gasteiger partial charge in [0, 0.05) is 31.9 Å². The molecule has 0 radical (unpaired) electrons. The summed E-state index contributed by atoms with van der Waals surface area (Å²) in [4.78, 5) is 22.0. The molecule has 4 aromatic heterocycles. The summed E-state index contributed by atoms with van der Waals surface area (Å²) in [6.45, 7) is 6.36. The number of aromatic amines is 2. The van der Waals surface area contributed by atoms with Crippen LogP contribution in [0, 0.1) is 24.3 Å². The molecule has 1 aromatic carbocycles. The van der Waals surface area contributed by atoms with E-state index in [0.29, 0.717) is 0 Å². The fourth-order valence-electron chi connectivity index (χ4n) is 5.35. The molecule has 0 atom stereocenters.